The minimum atomic E-state index is -4.00. The highest BCUT2D eigenvalue weighted by Gasteiger charge is 2.30. The molecule has 0 bridgehead atoms. The van der Waals surface area contributed by atoms with E-state index < -0.39 is 27.6 Å². The zero-order chi connectivity index (χ0) is 27.9. The summed E-state index contributed by atoms with van der Waals surface area (Å²) in [6, 6.07) is 8.42. The molecule has 0 aliphatic carbocycles. The van der Waals surface area contributed by atoms with Crippen molar-refractivity contribution >= 4 is 38.8 Å². The van der Waals surface area contributed by atoms with E-state index in [4.69, 9.17) is 9.47 Å². The third kappa shape index (κ3) is 7.99. The van der Waals surface area contributed by atoms with E-state index in [1.54, 1.807) is 52.8 Å². The summed E-state index contributed by atoms with van der Waals surface area (Å²) in [4.78, 5) is 33.7. The first-order valence-electron chi connectivity index (χ1n) is 12.4. The molecule has 11 nitrogen and oxygen atoms in total. The summed E-state index contributed by atoms with van der Waals surface area (Å²) in [5, 5.41) is 3.80. The smallest absolute Gasteiger partial charge is 0.326 e. The summed E-state index contributed by atoms with van der Waals surface area (Å²) in [6.07, 6.45) is 2.72. The SMILES string of the molecule is CCOC(=O)CCCn1ccc2c(NC[C@H](NS(=O)(=O)c3ccccc3)C(=O)OC(C)(C)C)nc(C)nc21. The second-order valence-corrected chi connectivity index (χ2v) is 11.4. The number of sulfonamides is 1. The Hall–Kier alpha value is -3.51. The molecule has 0 aliphatic rings. The zero-order valence-corrected chi connectivity index (χ0v) is 23.2. The molecule has 2 heterocycles. The monoisotopic (exact) mass is 545 g/mol. The minimum Gasteiger partial charge on any atom is -0.466 e. The van der Waals surface area contributed by atoms with Crippen LogP contribution in [0, 0.1) is 6.92 Å². The normalized spacial score (nSPS) is 12.8. The fraction of sp³-hybridized carbons (Fsp3) is 0.462. The summed E-state index contributed by atoms with van der Waals surface area (Å²) in [6.45, 7) is 9.43. The number of hydrogen-bond donors (Lipinski definition) is 2. The second-order valence-electron chi connectivity index (χ2n) is 9.68. The van der Waals surface area contributed by atoms with Crippen LogP contribution in [-0.4, -0.2) is 59.7 Å². The van der Waals surface area contributed by atoms with Gasteiger partial charge in [0.1, 0.15) is 28.9 Å². The number of nitrogens with one attached hydrogen (secondary N) is 2. The highest BCUT2D eigenvalue weighted by atomic mass is 32.2. The lowest BCUT2D eigenvalue weighted by molar-refractivity contribution is -0.156. The van der Waals surface area contributed by atoms with Crippen LogP contribution >= 0.6 is 0 Å². The second kappa shape index (κ2) is 12.4. The van der Waals surface area contributed by atoms with Gasteiger partial charge >= 0.3 is 11.9 Å². The van der Waals surface area contributed by atoms with Gasteiger partial charge in [-0.25, -0.2) is 18.4 Å². The number of carbonyl (C=O) groups is 2. The van der Waals surface area contributed by atoms with Gasteiger partial charge in [-0.1, -0.05) is 18.2 Å². The first-order valence-corrected chi connectivity index (χ1v) is 13.9. The molecule has 1 aromatic carbocycles. The Morgan fingerprint density at radius 2 is 1.82 bits per heavy atom. The first kappa shape index (κ1) is 29.1. The van der Waals surface area contributed by atoms with E-state index in [0.717, 1.165) is 0 Å². The molecule has 206 valence electrons. The van der Waals surface area contributed by atoms with E-state index in [0.29, 0.717) is 48.7 Å². The van der Waals surface area contributed by atoms with Crippen molar-refractivity contribution in [3.63, 3.8) is 0 Å². The Morgan fingerprint density at radius 1 is 1.11 bits per heavy atom. The molecule has 0 saturated carbocycles. The van der Waals surface area contributed by atoms with E-state index in [-0.39, 0.29) is 17.4 Å². The van der Waals surface area contributed by atoms with Crippen LogP contribution in [0.25, 0.3) is 11.0 Å². The van der Waals surface area contributed by atoms with Gasteiger partial charge in [0.2, 0.25) is 10.0 Å². The van der Waals surface area contributed by atoms with Crippen LogP contribution in [0.2, 0.25) is 0 Å². The molecular formula is C26H35N5O6S. The lowest BCUT2D eigenvalue weighted by atomic mass is 10.2. The van der Waals surface area contributed by atoms with Gasteiger partial charge in [-0.3, -0.25) is 9.59 Å². The quantitative estimate of drug-likeness (QED) is 0.328. The molecule has 0 spiro atoms. The maximum absolute atomic E-state index is 13.0. The highest BCUT2D eigenvalue weighted by Crippen LogP contribution is 2.23. The summed E-state index contributed by atoms with van der Waals surface area (Å²) >= 11 is 0. The van der Waals surface area contributed by atoms with Crippen molar-refractivity contribution in [2.24, 2.45) is 0 Å². The topological polar surface area (TPSA) is 142 Å². The number of carbonyl (C=O) groups excluding carboxylic acids is 2. The van der Waals surface area contributed by atoms with Gasteiger partial charge in [0.25, 0.3) is 0 Å². The summed E-state index contributed by atoms with van der Waals surface area (Å²) in [5.41, 5.74) is -0.157. The summed E-state index contributed by atoms with van der Waals surface area (Å²) in [5.74, 6) is -0.0283. The number of ether oxygens (including phenoxy) is 2. The summed E-state index contributed by atoms with van der Waals surface area (Å²) in [7, 11) is -4.00. The maximum Gasteiger partial charge on any atom is 0.326 e. The van der Waals surface area contributed by atoms with Gasteiger partial charge in [0, 0.05) is 25.7 Å². The number of fused-ring (bicyclic) bond motifs is 1. The third-order valence-electron chi connectivity index (χ3n) is 5.33. The van der Waals surface area contributed by atoms with Gasteiger partial charge in [-0.15, -0.1) is 0 Å². The average molecular weight is 546 g/mol. The molecule has 0 aliphatic heterocycles. The molecule has 0 unspecified atom stereocenters. The fourth-order valence-corrected chi connectivity index (χ4v) is 4.92. The van der Waals surface area contributed by atoms with Crippen LogP contribution in [-0.2, 0) is 35.6 Å². The van der Waals surface area contributed by atoms with Crippen molar-refractivity contribution in [2.45, 2.75) is 70.5 Å². The number of anilines is 1. The largest absolute Gasteiger partial charge is 0.466 e. The predicted molar refractivity (Wildman–Crippen MR) is 143 cm³/mol. The average Bonchev–Trinajstić information content (AvgIpc) is 3.24. The van der Waals surface area contributed by atoms with E-state index in [2.05, 4.69) is 20.0 Å². The van der Waals surface area contributed by atoms with Crippen LogP contribution in [0.4, 0.5) is 5.82 Å². The number of esters is 2. The zero-order valence-electron chi connectivity index (χ0n) is 22.4. The van der Waals surface area contributed by atoms with E-state index >= 15 is 0 Å². The van der Waals surface area contributed by atoms with E-state index in [1.807, 2.05) is 16.8 Å². The van der Waals surface area contributed by atoms with Gasteiger partial charge in [-0.05, 0) is 59.2 Å². The molecule has 38 heavy (non-hydrogen) atoms. The Morgan fingerprint density at radius 3 is 2.47 bits per heavy atom. The molecular weight excluding hydrogens is 510 g/mol. The predicted octanol–water partition coefficient (Wildman–Crippen LogP) is 3.18. The number of rotatable bonds is 12. The molecule has 0 radical (unpaired) electrons. The molecule has 1 atom stereocenters. The van der Waals surface area contributed by atoms with Gasteiger partial charge in [0.15, 0.2) is 0 Å². The molecule has 12 heteroatoms. The Balaban J connectivity index is 1.81. The van der Waals surface area contributed by atoms with Crippen molar-refractivity contribution in [1.29, 1.82) is 0 Å². The molecule has 3 rings (SSSR count). The minimum absolute atomic E-state index is 0.0359. The lowest BCUT2D eigenvalue weighted by Crippen LogP contribution is -2.48. The van der Waals surface area contributed by atoms with E-state index in [9.17, 15) is 18.0 Å². The maximum atomic E-state index is 13.0. The third-order valence-corrected chi connectivity index (χ3v) is 6.82. The van der Waals surface area contributed by atoms with Gasteiger partial charge in [0.05, 0.1) is 16.9 Å². The number of benzene rings is 1. The lowest BCUT2D eigenvalue weighted by Gasteiger charge is -2.25. The fourth-order valence-electron chi connectivity index (χ4n) is 3.72. The van der Waals surface area contributed by atoms with Gasteiger partial charge < -0.3 is 19.4 Å². The summed E-state index contributed by atoms with van der Waals surface area (Å²) < 4.78 is 40.8. The van der Waals surface area contributed by atoms with Crippen LogP contribution in [0.15, 0.2) is 47.5 Å². The van der Waals surface area contributed by atoms with Crippen LogP contribution in [0.1, 0.15) is 46.4 Å². The Bertz CT molecular complexity index is 1370. The van der Waals surface area contributed by atoms with Crippen LogP contribution in [0.3, 0.4) is 0 Å². The number of aromatic nitrogens is 3. The van der Waals surface area contributed by atoms with E-state index in [1.165, 1.54) is 12.1 Å². The molecule has 0 amide bonds. The molecule has 2 N–H and O–H groups in total. The standard InChI is InChI=1S/C26H35N5O6S/c1-6-36-22(32)13-10-15-31-16-14-20-23(28-18(2)29-24(20)31)27-17-21(25(33)37-26(3,4)5)30-38(34,35)19-11-8-7-9-12-19/h7-9,11-12,14,16,21,30H,6,10,13,15,17H2,1-5H3,(H,27,28,29)/t21-/m0/s1. The van der Waals surface area contributed by atoms with Crippen molar-refractivity contribution in [3.8, 4) is 0 Å². The van der Waals surface area contributed by atoms with Gasteiger partial charge in [-0.2, -0.15) is 4.72 Å². The van der Waals surface area contributed by atoms with Crippen molar-refractivity contribution in [1.82, 2.24) is 19.3 Å². The molecule has 3 aromatic rings. The number of nitrogens with zero attached hydrogens (tertiary/aromatic N) is 3. The van der Waals surface area contributed by atoms with Crippen LogP contribution in [0.5, 0.6) is 0 Å². The first-order chi connectivity index (χ1) is 17.9. The molecule has 0 fully saturated rings. The van der Waals surface area contributed by atoms with Crippen molar-refractivity contribution in [3.05, 3.63) is 48.4 Å². The highest BCUT2D eigenvalue weighted by molar-refractivity contribution is 7.89. The molecule has 2 aromatic heterocycles. The Labute approximate surface area is 223 Å². The van der Waals surface area contributed by atoms with Crippen molar-refractivity contribution < 1.29 is 27.5 Å². The number of hydrogen-bond acceptors (Lipinski definition) is 9. The van der Waals surface area contributed by atoms with Crippen LogP contribution < -0.4 is 10.0 Å². The number of aryl methyl sites for hydroxylation is 2. The Kier molecular flexibility index (Phi) is 9.45. The van der Waals surface area contributed by atoms with Crippen molar-refractivity contribution in [2.75, 3.05) is 18.5 Å². The molecule has 0 saturated heterocycles.